The maximum atomic E-state index is 11.1. The second-order valence-electron chi connectivity index (χ2n) is 4.51. The van der Waals surface area contributed by atoms with Crippen LogP contribution < -0.4 is 5.32 Å². The Kier molecular flexibility index (Phi) is 4.66. The molecule has 0 saturated heterocycles. The predicted octanol–water partition coefficient (Wildman–Crippen LogP) is 1.46. The molecule has 1 aromatic heterocycles. The fourth-order valence-electron chi connectivity index (χ4n) is 1.96. The average Bonchev–Trinajstić information content (AvgIpc) is 2.54. The van der Waals surface area contributed by atoms with E-state index in [9.17, 15) is 15.2 Å². The van der Waals surface area contributed by atoms with Gasteiger partial charge >= 0.3 is 5.69 Å². The van der Waals surface area contributed by atoms with Gasteiger partial charge in [0.15, 0.2) is 0 Å². The molecular weight excluding hydrogens is 236 g/mol. The van der Waals surface area contributed by atoms with Crippen molar-refractivity contribution in [2.75, 3.05) is 5.32 Å². The number of nitrogens with one attached hydrogen (secondary N) is 1. The smallest absolute Gasteiger partial charge is 0.333 e. The normalized spacial score (nSPS) is 14.3. The molecule has 1 rings (SSSR count). The lowest BCUT2D eigenvalue weighted by Gasteiger charge is -2.16. The van der Waals surface area contributed by atoms with E-state index < -0.39 is 11.0 Å². The highest BCUT2D eigenvalue weighted by atomic mass is 16.6. The standard InChI is InChI=1S/C11H20N4O3/c1-5-9-10(15(17)18)11(14(4)13-9)12-7(2)6-8(3)16/h7-8,12,16H,5-6H2,1-4H3. The van der Waals surface area contributed by atoms with Gasteiger partial charge in [0.2, 0.25) is 5.82 Å². The van der Waals surface area contributed by atoms with E-state index >= 15 is 0 Å². The molecule has 0 aliphatic carbocycles. The molecular formula is C11H20N4O3. The fourth-order valence-corrected chi connectivity index (χ4v) is 1.96. The Morgan fingerprint density at radius 1 is 1.56 bits per heavy atom. The van der Waals surface area contributed by atoms with Crippen LogP contribution in [0.5, 0.6) is 0 Å². The molecule has 7 heteroatoms. The average molecular weight is 256 g/mol. The first-order valence-corrected chi connectivity index (χ1v) is 6.01. The maximum Gasteiger partial charge on any atom is 0.333 e. The minimum atomic E-state index is -0.453. The summed E-state index contributed by atoms with van der Waals surface area (Å²) in [5.41, 5.74) is 0.492. The third kappa shape index (κ3) is 3.19. The van der Waals surface area contributed by atoms with Gasteiger partial charge in [0.05, 0.1) is 11.0 Å². The van der Waals surface area contributed by atoms with Crippen LogP contribution in [0, 0.1) is 10.1 Å². The third-order valence-corrected chi connectivity index (χ3v) is 2.69. The van der Waals surface area contributed by atoms with Gasteiger partial charge in [-0.15, -0.1) is 0 Å². The van der Waals surface area contributed by atoms with E-state index in [1.807, 2.05) is 13.8 Å². The zero-order valence-corrected chi connectivity index (χ0v) is 11.2. The molecule has 2 atom stereocenters. The largest absolute Gasteiger partial charge is 0.393 e. The van der Waals surface area contributed by atoms with Crippen LogP contribution in [-0.4, -0.2) is 32.0 Å². The van der Waals surface area contributed by atoms with Crippen molar-refractivity contribution in [3.63, 3.8) is 0 Å². The Balaban J connectivity index is 3.00. The number of aryl methyl sites for hydroxylation is 2. The molecule has 102 valence electrons. The van der Waals surface area contributed by atoms with Crippen LogP contribution in [0.25, 0.3) is 0 Å². The Morgan fingerprint density at radius 2 is 2.17 bits per heavy atom. The quantitative estimate of drug-likeness (QED) is 0.593. The van der Waals surface area contributed by atoms with Gasteiger partial charge in [-0.3, -0.25) is 10.1 Å². The van der Waals surface area contributed by atoms with Gasteiger partial charge < -0.3 is 10.4 Å². The topological polar surface area (TPSA) is 93.2 Å². The van der Waals surface area contributed by atoms with Gasteiger partial charge in [0.1, 0.15) is 5.69 Å². The summed E-state index contributed by atoms with van der Waals surface area (Å²) >= 11 is 0. The van der Waals surface area contributed by atoms with E-state index in [4.69, 9.17) is 0 Å². The number of nitro groups is 1. The first kappa shape index (κ1) is 14.4. The number of aromatic nitrogens is 2. The van der Waals surface area contributed by atoms with Crippen molar-refractivity contribution in [3.05, 3.63) is 15.8 Å². The SMILES string of the molecule is CCc1nn(C)c(NC(C)CC(C)O)c1[N+](=O)[O-]. The van der Waals surface area contributed by atoms with Crippen molar-refractivity contribution < 1.29 is 10.0 Å². The van der Waals surface area contributed by atoms with Crippen LogP contribution in [0.15, 0.2) is 0 Å². The molecule has 2 unspecified atom stereocenters. The molecule has 7 nitrogen and oxygen atoms in total. The van der Waals surface area contributed by atoms with Crippen molar-refractivity contribution in [3.8, 4) is 0 Å². The highest BCUT2D eigenvalue weighted by Gasteiger charge is 2.26. The van der Waals surface area contributed by atoms with Crippen molar-refractivity contribution in [2.24, 2.45) is 7.05 Å². The number of nitrogens with zero attached hydrogens (tertiary/aromatic N) is 3. The van der Waals surface area contributed by atoms with Crippen molar-refractivity contribution >= 4 is 11.5 Å². The van der Waals surface area contributed by atoms with E-state index in [2.05, 4.69) is 10.4 Å². The third-order valence-electron chi connectivity index (χ3n) is 2.69. The van der Waals surface area contributed by atoms with E-state index in [0.29, 0.717) is 24.4 Å². The van der Waals surface area contributed by atoms with Crippen molar-refractivity contribution in [1.29, 1.82) is 0 Å². The summed E-state index contributed by atoms with van der Waals surface area (Å²) in [5, 5.41) is 27.6. The molecule has 2 N–H and O–H groups in total. The van der Waals surface area contributed by atoms with Crippen LogP contribution in [0.2, 0.25) is 0 Å². The Labute approximate surface area is 106 Å². The summed E-state index contributed by atoms with van der Waals surface area (Å²) < 4.78 is 1.48. The Bertz CT molecular complexity index is 428. The molecule has 0 spiro atoms. The summed E-state index contributed by atoms with van der Waals surface area (Å²) in [6, 6.07) is -0.0659. The molecule has 0 aliphatic rings. The van der Waals surface area contributed by atoms with Gasteiger partial charge in [-0.25, -0.2) is 4.68 Å². The lowest BCUT2D eigenvalue weighted by atomic mass is 10.1. The van der Waals surface area contributed by atoms with Gasteiger partial charge in [-0.2, -0.15) is 5.10 Å². The minimum Gasteiger partial charge on any atom is -0.393 e. The van der Waals surface area contributed by atoms with Crippen LogP contribution in [-0.2, 0) is 13.5 Å². The Hall–Kier alpha value is -1.63. The molecule has 0 fully saturated rings. The minimum absolute atomic E-state index is 0.0254. The van der Waals surface area contributed by atoms with Crippen LogP contribution in [0.3, 0.4) is 0 Å². The highest BCUT2D eigenvalue weighted by molar-refractivity contribution is 5.60. The Morgan fingerprint density at radius 3 is 2.61 bits per heavy atom. The number of rotatable bonds is 6. The van der Waals surface area contributed by atoms with Crippen LogP contribution >= 0.6 is 0 Å². The number of aliphatic hydroxyl groups is 1. The van der Waals surface area contributed by atoms with Crippen LogP contribution in [0.1, 0.15) is 32.9 Å². The van der Waals surface area contributed by atoms with Gasteiger partial charge in [0, 0.05) is 13.1 Å². The highest BCUT2D eigenvalue weighted by Crippen LogP contribution is 2.29. The van der Waals surface area contributed by atoms with E-state index in [1.54, 1.807) is 14.0 Å². The van der Waals surface area contributed by atoms with E-state index in [-0.39, 0.29) is 11.7 Å². The first-order valence-electron chi connectivity index (χ1n) is 6.01. The zero-order valence-electron chi connectivity index (χ0n) is 11.2. The van der Waals surface area contributed by atoms with Crippen LogP contribution in [0.4, 0.5) is 11.5 Å². The van der Waals surface area contributed by atoms with Gasteiger partial charge in [-0.05, 0) is 26.7 Å². The first-order chi connectivity index (χ1) is 8.36. The molecule has 0 saturated carbocycles. The van der Waals surface area contributed by atoms with Gasteiger partial charge in [-0.1, -0.05) is 6.92 Å². The van der Waals surface area contributed by atoms with E-state index in [0.717, 1.165) is 0 Å². The lowest BCUT2D eigenvalue weighted by molar-refractivity contribution is -0.384. The van der Waals surface area contributed by atoms with E-state index in [1.165, 1.54) is 4.68 Å². The molecule has 1 aromatic rings. The zero-order chi connectivity index (χ0) is 13.9. The number of hydrogen-bond donors (Lipinski definition) is 2. The molecule has 0 aromatic carbocycles. The van der Waals surface area contributed by atoms with Crippen molar-refractivity contribution in [1.82, 2.24) is 9.78 Å². The summed E-state index contributed by atoms with van der Waals surface area (Å²) in [6.07, 6.45) is 0.575. The summed E-state index contributed by atoms with van der Waals surface area (Å²) in [5.74, 6) is 0.394. The molecule has 0 amide bonds. The molecule has 1 heterocycles. The molecule has 0 bridgehead atoms. The van der Waals surface area contributed by atoms with Crippen molar-refractivity contribution in [2.45, 2.75) is 45.8 Å². The monoisotopic (exact) mass is 256 g/mol. The number of hydrogen-bond acceptors (Lipinski definition) is 5. The van der Waals surface area contributed by atoms with Gasteiger partial charge in [0.25, 0.3) is 0 Å². The fraction of sp³-hybridized carbons (Fsp3) is 0.727. The lowest BCUT2D eigenvalue weighted by Crippen LogP contribution is -2.22. The second kappa shape index (κ2) is 5.81. The maximum absolute atomic E-state index is 11.1. The molecule has 0 radical (unpaired) electrons. The summed E-state index contributed by atoms with van der Waals surface area (Å²) in [7, 11) is 1.67. The summed E-state index contributed by atoms with van der Waals surface area (Å²) in [4.78, 5) is 10.7. The summed E-state index contributed by atoms with van der Waals surface area (Å²) in [6.45, 7) is 5.39. The number of anilines is 1. The number of aliphatic hydroxyl groups excluding tert-OH is 1. The molecule has 18 heavy (non-hydrogen) atoms. The molecule has 0 aliphatic heterocycles. The second-order valence-corrected chi connectivity index (χ2v) is 4.51. The predicted molar refractivity (Wildman–Crippen MR) is 68.6 cm³/mol.